The molecule has 1 aromatic heterocycles. The predicted octanol–water partition coefficient (Wildman–Crippen LogP) is 3.05. The molecule has 0 saturated carbocycles. The first kappa shape index (κ1) is 11.5. The van der Waals surface area contributed by atoms with E-state index in [1.165, 1.54) is 11.3 Å². The molecule has 0 saturated heterocycles. The number of carbonyl (C=O) groups excluding carboxylic acids is 1. The van der Waals surface area contributed by atoms with Crippen molar-refractivity contribution in [3.05, 3.63) is 14.7 Å². The lowest BCUT2D eigenvalue weighted by Gasteiger charge is -2.19. The van der Waals surface area contributed by atoms with Crippen molar-refractivity contribution < 1.29 is 9.53 Å². The van der Waals surface area contributed by atoms with Gasteiger partial charge in [0.15, 0.2) is 0 Å². The number of hydrogen-bond acceptors (Lipinski definition) is 4. The van der Waals surface area contributed by atoms with Crippen LogP contribution in [0.3, 0.4) is 0 Å². The Morgan fingerprint density at radius 1 is 1.57 bits per heavy atom. The summed E-state index contributed by atoms with van der Waals surface area (Å²) in [5, 5.41) is 1.69. The average molecular weight is 278 g/mol. The summed E-state index contributed by atoms with van der Waals surface area (Å²) in [6.45, 7) is 5.47. The van der Waals surface area contributed by atoms with Crippen LogP contribution in [0.4, 0.5) is 5.69 Å². The fourth-order valence-electron chi connectivity index (χ4n) is 0.835. The van der Waals surface area contributed by atoms with E-state index in [2.05, 4.69) is 15.9 Å². The number of anilines is 1. The van der Waals surface area contributed by atoms with Crippen LogP contribution in [0.15, 0.2) is 9.17 Å². The third-order valence-corrected chi connectivity index (χ3v) is 3.17. The van der Waals surface area contributed by atoms with Crippen molar-refractivity contribution >= 4 is 38.9 Å². The highest BCUT2D eigenvalue weighted by Crippen LogP contribution is 2.31. The monoisotopic (exact) mass is 277 g/mol. The number of hydrogen-bond donors (Lipinski definition) is 1. The summed E-state index contributed by atoms with van der Waals surface area (Å²) in [5.74, 6) is -0.378. The van der Waals surface area contributed by atoms with Crippen LogP contribution >= 0.6 is 27.3 Å². The Kier molecular flexibility index (Phi) is 3.21. The van der Waals surface area contributed by atoms with Gasteiger partial charge in [0.05, 0.1) is 15.0 Å². The molecule has 0 aliphatic rings. The Morgan fingerprint density at radius 2 is 2.14 bits per heavy atom. The molecule has 0 radical (unpaired) electrons. The minimum Gasteiger partial charge on any atom is -0.456 e. The Bertz CT molecular complexity index is 354. The number of nitrogen functional groups attached to an aromatic ring is 1. The van der Waals surface area contributed by atoms with E-state index in [1.807, 2.05) is 20.8 Å². The first-order valence-corrected chi connectivity index (χ1v) is 5.74. The van der Waals surface area contributed by atoms with Gasteiger partial charge in [-0.05, 0) is 36.7 Å². The van der Waals surface area contributed by atoms with E-state index in [0.29, 0.717) is 11.3 Å². The quantitative estimate of drug-likeness (QED) is 0.803. The van der Waals surface area contributed by atoms with E-state index in [1.54, 1.807) is 5.38 Å². The summed E-state index contributed by atoms with van der Waals surface area (Å²) in [7, 11) is 0. The minimum absolute atomic E-state index is 0.378. The minimum atomic E-state index is -0.488. The lowest BCUT2D eigenvalue weighted by atomic mass is 10.2. The molecule has 0 unspecified atom stereocenters. The molecule has 3 nitrogen and oxygen atoms in total. The molecule has 0 atom stereocenters. The average Bonchev–Trinajstić information content (AvgIpc) is 2.29. The number of rotatable bonds is 1. The molecular formula is C9H12BrNO2S. The predicted molar refractivity (Wildman–Crippen MR) is 61.6 cm³/mol. The highest BCUT2D eigenvalue weighted by molar-refractivity contribution is 9.11. The van der Waals surface area contributed by atoms with Crippen LogP contribution in [0, 0.1) is 0 Å². The van der Waals surface area contributed by atoms with Gasteiger partial charge in [-0.3, -0.25) is 0 Å². The highest BCUT2D eigenvalue weighted by atomic mass is 79.9. The van der Waals surface area contributed by atoms with E-state index in [-0.39, 0.29) is 5.97 Å². The summed E-state index contributed by atoms with van der Waals surface area (Å²) >= 11 is 4.63. The van der Waals surface area contributed by atoms with Crippen molar-refractivity contribution in [3.8, 4) is 0 Å². The molecule has 5 heteroatoms. The second-order valence-electron chi connectivity index (χ2n) is 3.84. The van der Waals surface area contributed by atoms with Crippen molar-refractivity contribution in [2.75, 3.05) is 5.73 Å². The van der Waals surface area contributed by atoms with Gasteiger partial charge < -0.3 is 10.5 Å². The molecular weight excluding hydrogens is 266 g/mol. The maximum absolute atomic E-state index is 11.6. The first-order chi connectivity index (χ1) is 6.31. The second kappa shape index (κ2) is 3.90. The van der Waals surface area contributed by atoms with Gasteiger partial charge in [-0.1, -0.05) is 0 Å². The van der Waals surface area contributed by atoms with Crippen molar-refractivity contribution in [1.82, 2.24) is 0 Å². The number of esters is 1. The van der Waals surface area contributed by atoms with Crippen molar-refractivity contribution in [2.45, 2.75) is 26.4 Å². The summed E-state index contributed by atoms with van der Waals surface area (Å²) in [6, 6.07) is 0. The lowest BCUT2D eigenvalue weighted by Crippen LogP contribution is -2.24. The maximum Gasteiger partial charge on any atom is 0.341 e. The number of ether oxygens (including phenoxy) is 1. The van der Waals surface area contributed by atoms with Gasteiger partial charge in [-0.15, -0.1) is 11.3 Å². The van der Waals surface area contributed by atoms with Crippen LogP contribution < -0.4 is 5.73 Å². The van der Waals surface area contributed by atoms with Gasteiger partial charge in [0.25, 0.3) is 0 Å². The van der Waals surface area contributed by atoms with E-state index in [9.17, 15) is 4.79 Å². The molecule has 78 valence electrons. The second-order valence-corrected chi connectivity index (χ2v) is 6.04. The number of nitrogens with two attached hydrogens (primary N) is 1. The van der Waals surface area contributed by atoms with Crippen molar-refractivity contribution in [3.63, 3.8) is 0 Å². The smallest absolute Gasteiger partial charge is 0.341 e. The Balaban J connectivity index is 2.86. The molecule has 2 N–H and O–H groups in total. The van der Waals surface area contributed by atoms with Crippen LogP contribution in [-0.2, 0) is 4.74 Å². The molecule has 0 amide bonds. The topological polar surface area (TPSA) is 52.3 Å². The molecule has 0 fully saturated rings. The van der Waals surface area contributed by atoms with E-state index < -0.39 is 5.60 Å². The summed E-state index contributed by atoms with van der Waals surface area (Å²) < 4.78 is 5.95. The largest absolute Gasteiger partial charge is 0.456 e. The zero-order valence-electron chi connectivity index (χ0n) is 8.26. The summed E-state index contributed by atoms with van der Waals surface area (Å²) in [6.07, 6.45) is 0. The lowest BCUT2D eigenvalue weighted by molar-refractivity contribution is 0.00714. The van der Waals surface area contributed by atoms with Gasteiger partial charge in [0, 0.05) is 5.38 Å². The molecule has 14 heavy (non-hydrogen) atoms. The fraction of sp³-hybridized carbons (Fsp3) is 0.444. The Hall–Kier alpha value is -0.550. The molecule has 1 aromatic rings. The van der Waals surface area contributed by atoms with Crippen LogP contribution in [0.25, 0.3) is 0 Å². The van der Waals surface area contributed by atoms with E-state index >= 15 is 0 Å². The van der Waals surface area contributed by atoms with Crippen LogP contribution in [0.2, 0.25) is 0 Å². The van der Waals surface area contributed by atoms with E-state index in [4.69, 9.17) is 10.5 Å². The Morgan fingerprint density at radius 3 is 2.50 bits per heavy atom. The van der Waals surface area contributed by atoms with Crippen molar-refractivity contribution in [2.24, 2.45) is 0 Å². The third kappa shape index (κ3) is 2.72. The van der Waals surface area contributed by atoms with Gasteiger partial charge in [0.1, 0.15) is 5.60 Å². The van der Waals surface area contributed by atoms with Crippen LogP contribution in [0.1, 0.15) is 31.1 Å². The summed E-state index contributed by atoms with van der Waals surface area (Å²) in [4.78, 5) is 11.6. The van der Waals surface area contributed by atoms with Crippen LogP contribution in [-0.4, -0.2) is 11.6 Å². The van der Waals surface area contributed by atoms with Gasteiger partial charge in [-0.25, -0.2) is 4.79 Å². The van der Waals surface area contributed by atoms with Crippen LogP contribution in [0.5, 0.6) is 0 Å². The molecule has 1 rings (SSSR count). The highest BCUT2D eigenvalue weighted by Gasteiger charge is 2.21. The van der Waals surface area contributed by atoms with Gasteiger partial charge >= 0.3 is 5.97 Å². The van der Waals surface area contributed by atoms with E-state index in [0.717, 1.165) is 3.79 Å². The molecule has 0 aromatic carbocycles. The molecule has 0 bridgehead atoms. The number of halogens is 1. The van der Waals surface area contributed by atoms with Gasteiger partial charge in [-0.2, -0.15) is 0 Å². The molecule has 0 aliphatic heterocycles. The standard InChI is InChI=1S/C9H12BrNO2S/c1-9(2,3)13-8(12)5-4-14-7(10)6(5)11/h4H,11H2,1-3H3. The zero-order chi connectivity index (χ0) is 10.9. The zero-order valence-corrected chi connectivity index (χ0v) is 10.7. The fourth-order valence-corrected chi connectivity index (χ4v) is 2.01. The third-order valence-electron chi connectivity index (χ3n) is 1.40. The Labute approximate surface area is 95.4 Å². The maximum atomic E-state index is 11.6. The van der Waals surface area contributed by atoms with Gasteiger partial charge in [0.2, 0.25) is 0 Å². The summed E-state index contributed by atoms with van der Waals surface area (Å²) in [5.41, 5.74) is 6.07. The molecule has 0 spiro atoms. The first-order valence-electron chi connectivity index (χ1n) is 4.07. The normalized spacial score (nSPS) is 11.4. The van der Waals surface area contributed by atoms with Crippen molar-refractivity contribution in [1.29, 1.82) is 0 Å². The molecule has 0 aliphatic carbocycles. The number of carbonyl (C=O) groups is 1. The SMILES string of the molecule is CC(C)(C)OC(=O)c1csc(Br)c1N. The number of thiophene rings is 1. The molecule has 1 heterocycles.